The van der Waals surface area contributed by atoms with E-state index in [9.17, 15) is 24.3 Å². The van der Waals surface area contributed by atoms with Crippen LogP contribution in [0.5, 0.6) is 0 Å². The average Bonchev–Trinajstić information content (AvgIpc) is 3.25. The van der Waals surface area contributed by atoms with Gasteiger partial charge in [0.1, 0.15) is 18.2 Å². The van der Waals surface area contributed by atoms with Crippen molar-refractivity contribution in [1.29, 1.82) is 0 Å². The number of carbonyl (C=O) groups is 4. The molecule has 0 spiro atoms. The number of carbonyl (C=O) groups excluding carboxylic acids is 4. The summed E-state index contributed by atoms with van der Waals surface area (Å²) in [5.41, 5.74) is -0.859. The molecular weight excluding hydrogens is 488 g/mol. The van der Waals surface area contributed by atoms with E-state index in [0.717, 1.165) is 5.56 Å². The topological polar surface area (TPSA) is 146 Å². The Labute approximate surface area is 225 Å². The fourth-order valence-electron chi connectivity index (χ4n) is 4.26. The van der Waals surface area contributed by atoms with E-state index in [2.05, 4.69) is 21.3 Å². The molecule has 0 aromatic heterocycles. The molecule has 1 heterocycles. The number of hydrogen-bond acceptors (Lipinski definition) is 6. The Hall–Kier alpha value is -3.14. The maximum atomic E-state index is 13.5. The van der Waals surface area contributed by atoms with Gasteiger partial charge in [-0.05, 0) is 43.1 Å². The van der Waals surface area contributed by atoms with Gasteiger partial charge in [-0.3, -0.25) is 14.4 Å². The molecule has 1 saturated heterocycles. The normalized spacial score (nSPS) is 18.6. The van der Waals surface area contributed by atoms with Gasteiger partial charge in [0, 0.05) is 12.5 Å². The number of aliphatic hydroxyl groups is 1. The highest BCUT2D eigenvalue weighted by Crippen LogP contribution is 2.24. The van der Waals surface area contributed by atoms with Crippen LogP contribution in [0.15, 0.2) is 30.3 Å². The van der Waals surface area contributed by atoms with Gasteiger partial charge in [0.15, 0.2) is 0 Å². The summed E-state index contributed by atoms with van der Waals surface area (Å²) in [4.78, 5) is 51.4. The van der Waals surface area contributed by atoms with Crippen molar-refractivity contribution in [2.45, 2.75) is 85.0 Å². The molecule has 1 aliphatic rings. The average molecular weight is 533 g/mol. The number of benzene rings is 1. The van der Waals surface area contributed by atoms with Crippen molar-refractivity contribution in [2.24, 2.45) is 17.3 Å². The van der Waals surface area contributed by atoms with E-state index in [0.29, 0.717) is 25.8 Å². The maximum absolute atomic E-state index is 13.5. The zero-order valence-corrected chi connectivity index (χ0v) is 23.4. The van der Waals surface area contributed by atoms with Gasteiger partial charge in [-0.15, -0.1) is 0 Å². The first kappa shape index (κ1) is 31.1. The molecule has 0 unspecified atom stereocenters. The molecule has 2 rings (SSSR count). The van der Waals surface area contributed by atoms with Crippen LogP contribution in [0.3, 0.4) is 0 Å². The molecule has 1 aliphatic heterocycles. The van der Waals surface area contributed by atoms with Crippen LogP contribution in [0.25, 0.3) is 0 Å². The van der Waals surface area contributed by atoms with Crippen molar-refractivity contribution in [3.05, 3.63) is 35.9 Å². The second kappa shape index (κ2) is 13.6. The highest BCUT2D eigenvalue weighted by atomic mass is 16.5. The molecule has 0 saturated carbocycles. The van der Waals surface area contributed by atoms with Gasteiger partial charge in [-0.1, -0.05) is 65.0 Å². The molecule has 0 radical (unpaired) electrons. The van der Waals surface area contributed by atoms with Gasteiger partial charge >= 0.3 is 6.09 Å². The number of alkyl carbamates (subject to hydrolysis) is 1. The summed E-state index contributed by atoms with van der Waals surface area (Å²) in [5.74, 6) is -1.67. The Bertz CT molecular complexity index is 962. The van der Waals surface area contributed by atoms with Crippen molar-refractivity contribution >= 4 is 23.8 Å². The second-order valence-electron chi connectivity index (χ2n) is 11.7. The third-order valence-corrected chi connectivity index (χ3v) is 6.94. The van der Waals surface area contributed by atoms with E-state index in [1.54, 1.807) is 20.8 Å². The van der Waals surface area contributed by atoms with Crippen molar-refractivity contribution in [1.82, 2.24) is 21.3 Å². The predicted molar refractivity (Wildman–Crippen MR) is 144 cm³/mol. The lowest BCUT2D eigenvalue weighted by Crippen LogP contribution is -2.63. The van der Waals surface area contributed by atoms with Gasteiger partial charge in [0.2, 0.25) is 17.7 Å². The summed E-state index contributed by atoms with van der Waals surface area (Å²) >= 11 is 0. The molecule has 1 fully saturated rings. The van der Waals surface area contributed by atoms with E-state index in [4.69, 9.17) is 4.74 Å². The lowest BCUT2D eigenvalue weighted by molar-refractivity contribution is -0.134. The van der Waals surface area contributed by atoms with Gasteiger partial charge in [-0.25, -0.2) is 4.79 Å². The molecule has 1 aromatic rings. The first-order chi connectivity index (χ1) is 17.7. The summed E-state index contributed by atoms with van der Waals surface area (Å²) in [6.45, 7) is 11.3. The number of rotatable bonds is 12. The largest absolute Gasteiger partial charge is 0.445 e. The molecule has 0 aliphatic carbocycles. The van der Waals surface area contributed by atoms with Gasteiger partial charge < -0.3 is 31.1 Å². The van der Waals surface area contributed by atoms with Crippen LogP contribution in [-0.4, -0.2) is 59.7 Å². The Kier molecular flexibility index (Phi) is 11.1. The first-order valence-corrected chi connectivity index (χ1v) is 13.2. The van der Waals surface area contributed by atoms with Crippen LogP contribution in [0.1, 0.15) is 66.4 Å². The molecule has 0 bridgehead atoms. The van der Waals surface area contributed by atoms with Crippen molar-refractivity contribution in [3.8, 4) is 0 Å². The lowest BCUT2D eigenvalue weighted by atomic mass is 9.85. The molecule has 212 valence electrons. The van der Waals surface area contributed by atoms with Gasteiger partial charge in [0.05, 0.1) is 12.6 Å². The quantitative estimate of drug-likeness (QED) is 0.279. The molecule has 4 atom stereocenters. The first-order valence-electron chi connectivity index (χ1n) is 13.2. The van der Waals surface area contributed by atoms with Crippen molar-refractivity contribution in [3.63, 3.8) is 0 Å². The van der Waals surface area contributed by atoms with Crippen molar-refractivity contribution in [2.75, 3.05) is 13.2 Å². The zero-order chi connectivity index (χ0) is 28.5. The molecule has 1 aromatic carbocycles. The summed E-state index contributed by atoms with van der Waals surface area (Å²) in [6.07, 6.45) is 0.529. The Morgan fingerprint density at radius 2 is 1.76 bits per heavy atom. The van der Waals surface area contributed by atoms with Gasteiger partial charge in [0.25, 0.3) is 0 Å². The maximum Gasteiger partial charge on any atom is 0.408 e. The van der Waals surface area contributed by atoms with E-state index >= 15 is 0 Å². The SMILES string of the molecule is CC(C)[C@](C)(NC(=O)OCc1ccccc1)C(=O)N[C@@H](CC(C)(C)C)C(=O)N[C@H](CO)C[C@@H]1CCNC1=O. The second-order valence-corrected chi connectivity index (χ2v) is 11.7. The van der Waals surface area contributed by atoms with E-state index in [1.807, 2.05) is 51.1 Å². The van der Waals surface area contributed by atoms with E-state index in [1.165, 1.54) is 0 Å². The van der Waals surface area contributed by atoms with E-state index < -0.39 is 35.5 Å². The predicted octanol–water partition coefficient (Wildman–Crippen LogP) is 2.25. The zero-order valence-electron chi connectivity index (χ0n) is 23.4. The Morgan fingerprint density at radius 3 is 2.29 bits per heavy atom. The summed E-state index contributed by atoms with van der Waals surface area (Å²) < 4.78 is 5.33. The number of aliphatic hydroxyl groups excluding tert-OH is 1. The minimum atomic E-state index is -1.36. The smallest absolute Gasteiger partial charge is 0.408 e. The monoisotopic (exact) mass is 532 g/mol. The number of nitrogens with one attached hydrogen (secondary N) is 4. The minimum Gasteiger partial charge on any atom is -0.445 e. The Morgan fingerprint density at radius 1 is 1.11 bits per heavy atom. The molecule has 4 amide bonds. The lowest BCUT2D eigenvalue weighted by Gasteiger charge is -2.35. The molecule has 38 heavy (non-hydrogen) atoms. The van der Waals surface area contributed by atoms with E-state index in [-0.39, 0.29) is 36.4 Å². The highest BCUT2D eigenvalue weighted by Gasteiger charge is 2.41. The van der Waals surface area contributed by atoms with Crippen LogP contribution < -0.4 is 21.3 Å². The van der Waals surface area contributed by atoms with Crippen LogP contribution in [0, 0.1) is 17.3 Å². The fraction of sp³-hybridized carbons (Fsp3) is 0.643. The number of hydrogen-bond donors (Lipinski definition) is 5. The molecular formula is C28H44N4O6. The standard InChI is InChI=1S/C28H44N4O6/c1-18(2)28(6,32-26(37)38-17-19-10-8-7-9-11-19)25(36)31-22(15-27(3,4)5)24(35)30-21(16-33)14-20-12-13-29-23(20)34/h7-11,18,20-22,33H,12-17H2,1-6H3,(H,29,34)(H,30,35)(H,31,36)(H,32,37)/t20-,21-,22-,28-/m0/s1. The molecule has 5 N–H and O–H groups in total. The van der Waals surface area contributed by atoms with Crippen LogP contribution in [0.2, 0.25) is 0 Å². The van der Waals surface area contributed by atoms with Crippen molar-refractivity contribution < 1.29 is 29.0 Å². The summed E-state index contributed by atoms with van der Waals surface area (Å²) in [7, 11) is 0. The van der Waals surface area contributed by atoms with Crippen LogP contribution in [0.4, 0.5) is 4.79 Å². The molecule has 10 nitrogen and oxygen atoms in total. The third-order valence-electron chi connectivity index (χ3n) is 6.94. The molecule has 10 heteroatoms. The third kappa shape index (κ3) is 9.31. The van der Waals surface area contributed by atoms with Crippen LogP contribution >= 0.6 is 0 Å². The Balaban J connectivity index is 2.11. The van der Waals surface area contributed by atoms with Crippen LogP contribution in [-0.2, 0) is 25.7 Å². The van der Waals surface area contributed by atoms with Gasteiger partial charge in [-0.2, -0.15) is 0 Å². The number of ether oxygens (including phenoxy) is 1. The summed E-state index contributed by atoms with van der Waals surface area (Å²) in [5, 5.41) is 20.9. The minimum absolute atomic E-state index is 0.0547. The highest BCUT2D eigenvalue weighted by molar-refractivity contribution is 5.94. The summed E-state index contributed by atoms with van der Waals surface area (Å²) in [6, 6.07) is 7.65. The number of amides is 4. The fourth-order valence-corrected chi connectivity index (χ4v) is 4.26.